The van der Waals surface area contributed by atoms with Crippen LogP contribution in [-0.4, -0.2) is 18.9 Å². The lowest BCUT2D eigenvalue weighted by atomic mass is 10.2. The summed E-state index contributed by atoms with van der Waals surface area (Å²) >= 11 is 1.75. The van der Waals surface area contributed by atoms with Gasteiger partial charge in [0.25, 0.3) is 0 Å². The molecular formula is C13H5F4INO5S-. The average molecular weight is 490 g/mol. The Hall–Kier alpha value is -1.93. The standard InChI is InChI=1S/C13H6F4INO5S/c14-7-9(16)12(25(21,22)23)10(17)8(15)11(7)24-13(20)4-1-2-6(19)5(18)3-4/h1-3H,19H2,(H,21,22,23)/p-1. The number of halogens is 5. The Kier molecular flexibility index (Phi) is 5.24. The fourth-order valence-corrected chi connectivity index (χ4v) is 2.84. The minimum atomic E-state index is -5.85. The van der Waals surface area contributed by atoms with E-state index in [0.717, 1.165) is 6.07 Å². The van der Waals surface area contributed by atoms with E-state index in [1.54, 1.807) is 22.6 Å². The first-order valence-electron chi connectivity index (χ1n) is 6.04. The van der Waals surface area contributed by atoms with Crippen molar-refractivity contribution < 1.29 is 40.1 Å². The Morgan fingerprint density at radius 3 is 2.04 bits per heavy atom. The summed E-state index contributed by atoms with van der Waals surface area (Å²) in [6.07, 6.45) is 0. The Morgan fingerprint density at radius 2 is 1.60 bits per heavy atom. The second kappa shape index (κ2) is 6.76. The first kappa shape index (κ1) is 19.4. The van der Waals surface area contributed by atoms with Crippen molar-refractivity contribution in [3.63, 3.8) is 0 Å². The van der Waals surface area contributed by atoms with Crippen LogP contribution < -0.4 is 10.5 Å². The molecule has 2 rings (SSSR count). The van der Waals surface area contributed by atoms with Gasteiger partial charge in [-0.1, -0.05) is 0 Å². The molecule has 2 N–H and O–H groups in total. The van der Waals surface area contributed by atoms with Gasteiger partial charge in [0.05, 0.1) is 5.56 Å². The van der Waals surface area contributed by atoms with Gasteiger partial charge in [-0.2, -0.15) is 8.78 Å². The largest absolute Gasteiger partial charge is 0.744 e. The van der Waals surface area contributed by atoms with Crippen LogP contribution in [0.4, 0.5) is 23.2 Å². The van der Waals surface area contributed by atoms with Crippen molar-refractivity contribution in [1.82, 2.24) is 0 Å². The fourth-order valence-electron chi connectivity index (χ4n) is 1.71. The third kappa shape index (κ3) is 3.69. The van der Waals surface area contributed by atoms with Crippen LogP contribution in [0.2, 0.25) is 0 Å². The number of ether oxygens (including phenoxy) is 1. The summed E-state index contributed by atoms with van der Waals surface area (Å²) in [5, 5.41) is 0. The second-order valence-corrected chi connectivity index (χ2v) is 6.97. The Balaban J connectivity index is 2.54. The van der Waals surface area contributed by atoms with Crippen LogP contribution in [0.15, 0.2) is 23.1 Å². The normalized spacial score (nSPS) is 11.4. The van der Waals surface area contributed by atoms with Gasteiger partial charge in [-0.15, -0.1) is 0 Å². The minimum absolute atomic E-state index is 0.251. The lowest BCUT2D eigenvalue weighted by molar-refractivity contribution is 0.0716. The maximum atomic E-state index is 13.8. The molecule has 0 fully saturated rings. The predicted molar refractivity (Wildman–Crippen MR) is 82.8 cm³/mol. The number of hydrogen-bond acceptors (Lipinski definition) is 6. The first-order valence-corrected chi connectivity index (χ1v) is 8.53. The molecule has 25 heavy (non-hydrogen) atoms. The molecule has 12 heteroatoms. The van der Waals surface area contributed by atoms with E-state index < -0.39 is 50.0 Å². The highest BCUT2D eigenvalue weighted by molar-refractivity contribution is 14.1. The smallest absolute Gasteiger partial charge is 0.343 e. The molecule has 0 aliphatic heterocycles. The van der Waals surface area contributed by atoms with E-state index in [1.165, 1.54) is 12.1 Å². The second-order valence-electron chi connectivity index (χ2n) is 4.49. The molecule has 0 heterocycles. The van der Waals surface area contributed by atoms with Crippen LogP contribution in [0.25, 0.3) is 0 Å². The Morgan fingerprint density at radius 1 is 1.08 bits per heavy atom. The summed E-state index contributed by atoms with van der Waals surface area (Å²) in [4.78, 5) is 9.52. The number of benzene rings is 2. The molecule has 0 aliphatic carbocycles. The van der Waals surface area contributed by atoms with Gasteiger partial charge in [-0.25, -0.2) is 22.0 Å². The SMILES string of the molecule is Nc1ccc(C(=O)Oc2c(F)c(F)c(S(=O)(=O)[O-])c(F)c2F)cc1I. The molecule has 0 aromatic heterocycles. The monoisotopic (exact) mass is 490 g/mol. The molecule has 6 nitrogen and oxygen atoms in total. The summed E-state index contributed by atoms with van der Waals surface area (Å²) in [5.41, 5.74) is 5.56. The number of carbonyl (C=O) groups excluding carboxylic acids is 1. The maximum absolute atomic E-state index is 13.8. The number of nitrogens with two attached hydrogens (primary N) is 1. The molecule has 2 aromatic rings. The lowest BCUT2D eigenvalue weighted by Crippen LogP contribution is -2.16. The number of rotatable bonds is 3. The highest BCUT2D eigenvalue weighted by Gasteiger charge is 2.31. The molecule has 0 spiro atoms. The fraction of sp³-hybridized carbons (Fsp3) is 0. The summed E-state index contributed by atoms with van der Waals surface area (Å²) in [7, 11) is -5.85. The lowest BCUT2D eigenvalue weighted by Gasteiger charge is -2.14. The van der Waals surface area contributed by atoms with E-state index in [9.17, 15) is 35.3 Å². The first-order chi connectivity index (χ1) is 11.4. The van der Waals surface area contributed by atoms with Crippen molar-refractivity contribution in [2.75, 3.05) is 5.73 Å². The molecule has 0 unspecified atom stereocenters. The molecule has 0 saturated heterocycles. The molecule has 0 saturated carbocycles. The van der Waals surface area contributed by atoms with E-state index in [0.29, 0.717) is 3.57 Å². The van der Waals surface area contributed by atoms with Gasteiger partial charge in [-0.3, -0.25) is 0 Å². The van der Waals surface area contributed by atoms with Gasteiger partial charge in [0, 0.05) is 9.26 Å². The van der Waals surface area contributed by atoms with Crippen LogP contribution >= 0.6 is 22.6 Å². The van der Waals surface area contributed by atoms with E-state index >= 15 is 0 Å². The van der Waals surface area contributed by atoms with E-state index in [1.807, 2.05) is 0 Å². The Labute approximate surface area is 151 Å². The van der Waals surface area contributed by atoms with Crippen LogP contribution in [0.1, 0.15) is 10.4 Å². The molecule has 0 bridgehead atoms. The topological polar surface area (TPSA) is 110 Å². The molecular weight excluding hydrogens is 485 g/mol. The van der Waals surface area contributed by atoms with E-state index in [2.05, 4.69) is 4.74 Å². The average Bonchev–Trinajstić information content (AvgIpc) is 2.51. The van der Waals surface area contributed by atoms with Gasteiger partial charge < -0.3 is 15.0 Å². The molecule has 2 aromatic carbocycles. The molecule has 0 radical (unpaired) electrons. The van der Waals surface area contributed by atoms with Crippen LogP contribution in [0.3, 0.4) is 0 Å². The van der Waals surface area contributed by atoms with Gasteiger partial charge in [-0.05, 0) is 40.8 Å². The number of carbonyl (C=O) groups is 1. The summed E-state index contributed by atoms with van der Waals surface area (Å²) in [5.74, 6) is -12.9. The van der Waals surface area contributed by atoms with Crippen molar-refractivity contribution in [3.8, 4) is 5.75 Å². The van der Waals surface area contributed by atoms with Crippen LogP contribution in [0, 0.1) is 26.8 Å². The van der Waals surface area contributed by atoms with E-state index in [-0.39, 0.29) is 11.3 Å². The third-order valence-corrected chi connectivity index (χ3v) is 4.66. The van der Waals surface area contributed by atoms with Crippen molar-refractivity contribution >= 4 is 44.4 Å². The summed E-state index contributed by atoms with van der Waals surface area (Å²) in [6.45, 7) is 0. The third-order valence-electron chi connectivity index (χ3n) is 2.86. The van der Waals surface area contributed by atoms with Crippen molar-refractivity contribution in [2.24, 2.45) is 0 Å². The van der Waals surface area contributed by atoms with Crippen molar-refractivity contribution in [3.05, 3.63) is 50.6 Å². The van der Waals surface area contributed by atoms with Gasteiger partial charge in [0.1, 0.15) is 15.0 Å². The zero-order valence-corrected chi connectivity index (χ0v) is 14.6. The quantitative estimate of drug-likeness (QED) is 0.135. The zero-order valence-electron chi connectivity index (χ0n) is 11.6. The Bertz CT molecular complexity index is 967. The molecule has 134 valence electrons. The van der Waals surface area contributed by atoms with Crippen molar-refractivity contribution in [2.45, 2.75) is 4.90 Å². The highest BCUT2D eigenvalue weighted by Crippen LogP contribution is 2.33. The minimum Gasteiger partial charge on any atom is -0.744 e. The molecule has 0 aliphatic rings. The number of hydrogen-bond donors (Lipinski definition) is 1. The van der Waals surface area contributed by atoms with Crippen LogP contribution in [0.5, 0.6) is 5.75 Å². The van der Waals surface area contributed by atoms with Gasteiger partial charge in [0.15, 0.2) is 11.6 Å². The van der Waals surface area contributed by atoms with E-state index in [4.69, 9.17) is 5.73 Å². The van der Waals surface area contributed by atoms with Crippen LogP contribution in [-0.2, 0) is 10.1 Å². The highest BCUT2D eigenvalue weighted by atomic mass is 127. The number of nitrogen functional groups attached to an aromatic ring is 1. The summed E-state index contributed by atoms with van der Waals surface area (Å²) in [6, 6.07) is 3.58. The van der Waals surface area contributed by atoms with Crippen molar-refractivity contribution in [1.29, 1.82) is 0 Å². The molecule has 0 atom stereocenters. The maximum Gasteiger partial charge on any atom is 0.343 e. The van der Waals surface area contributed by atoms with Gasteiger partial charge >= 0.3 is 5.97 Å². The van der Waals surface area contributed by atoms with Gasteiger partial charge in [0.2, 0.25) is 17.4 Å². The zero-order chi connectivity index (χ0) is 19.1. The predicted octanol–water partition coefficient (Wildman–Crippen LogP) is 2.55. The number of esters is 1. The molecule has 0 amide bonds. The summed E-state index contributed by atoms with van der Waals surface area (Å²) < 4.78 is 91.5. The number of anilines is 1.